The maximum atomic E-state index is 13.0. The summed E-state index contributed by atoms with van der Waals surface area (Å²) in [5.74, 6) is -0.811. The van der Waals surface area contributed by atoms with Crippen molar-refractivity contribution in [2.75, 3.05) is 12.4 Å². The molecule has 0 radical (unpaired) electrons. The van der Waals surface area contributed by atoms with E-state index in [-0.39, 0.29) is 17.2 Å². The number of hydrogen-bond acceptors (Lipinski definition) is 5. The van der Waals surface area contributed by atoms with E-state index in [1.54, 1.807) is 0 Å². The highest BCUT2D eigenvalue weighted by Gasteiger charge is 2.34. The number of ether oxygens (including phenoxy) is 2. The van der Waals surface area contributed by atoms with Crippen molar-refractivity contribution in [3.63, 3.8) is 0 Å². The van der Waals surface area contributed by atoms with Crippen molar-refractivity contribution in [1.82, 2.24) is 0 Å². The lowest BCUT2D eigenvalue weighted by molar-refractivity contribution is -0.385. The number of para-hydroxylation sites is 1. The first-order valence-corrected chi connectivity index (χ1v) is 7.59. The lowest BCUT2D eigenvalue weighted by Gasteiger charge is -2.18. The number of carbonyl (C=O) groups is 1. The van der Waals surface area contributed by atoms with Gasteiger partial charge in [-0.15, -0.1) is 0 Å². The van der Waals surface area contributed by atoms with Crippen LogP contribution in [0, 0.1) is 10.1 Å². The molecule has 1 N–H and O–H groups in total. The molecule has 2 aromatic carbocycles. The van der Waals surface area contributed by atoms with Gasteiger partial charge >= 0.3 is 6.18 Å². The van der Waals surface area contributed by atoms with Crippen LogP contribution in [-0.4, -0.2) is 24.0 Å². The molecule has 10 heteroatoms. The Balaban J connectivity index is 2.20. The highest BCUT2D eigenvalue weighted by molar-refractivity contribution is 5.95. The Morgan fingerprint density at radius 2 is 1.85 bits per heavy atom. The number of carbonyl (C=O) groups excluding carboxylic acids is 1. The fourth-order valence-electron chi connectivity index (χ4n) is 2.19. The Labute approximate surface area is 151 Å². The second kappa shape index (κ2) is 7.94. The zero-order valence-corrected chi connectivity index (χ0v) is 14.2. The van der Waals surface area contributed by atoms with Crippen molar-refractivity contribution in [1.29, 1.82) is 0 Å². The zero-order valence-electron chi connectivity index (χ0n) is 14.2. The van der Waals surface area contributed by atoms with Crippen LogP contribution in [0.4, 0.5) is 24.5 Å². The van der Waals surface area contributed by atoms with Gasteiger partial charge in [0.15, 0.2) is 17.6 Å². The molecule has 1 atom stereocenters. The minimum Gasteiger partial charge on any atom is -0.493 e. The Hall–Kier alpha value is -3.30. The van der Waals surface area contributed by atoms with Crippen LogP contribution in [0.3, 0.4) is 0 Å². The number of nitro groups is 1. The topological polar surface area (TPSA) is 90.7 Å². The van der Waals surface area contributed by atoms with Gasteiger partial charge in [0.25, 0.3) is 11.6 Å². The number of nitrogens with one attached hydrogen (secondary N) is 1. The molecule has 0 spiro atoms. The molecule has 0 aliphatic rings. The van der Waals surface area contributed by atoms with Gasteiger partial charge in [0, 0.05) is 6.07 Å². The second-order valence-electron chi connectivity index (χ2n) is 5.38. The van der Waals surface area contributed by atoms with Crippen LogP contribution in [0.25, 0.3) is 0 Å². The average molecular weight is 384 g/mol. The minimum absolute atomic E-state index is 0.0848. The second-order valence-corrected chi connectivity index (χ2v) is 5.38. The number of hydrogen-bond donors (Lipinski definition) is 1. The predicted molar refractivity (Wildman–Crippen MR) is 89.8 cm³/mol. The van der Waals surface area contributed by atoms with Crippen LogP contribution < -0.4 is 14.8 Å². The summed E-state index contributed by atoms with van der Waals surface area (Å²) in [7, 11) is 1.30. The Bertz CT molecular complexity index is 855. The van der Waals surface area contributed by atoms with Crippen LogP contribution >= 0.6 is 0 Å². The minimum atomic E-state index is -4.64. The number of anilines is 1. The van der Waals surface area contributed by atoms with E-state index < -0.39 is 34.4 Å². The molecular formula is C17H15F3N2O5. The van der Waals surface area contributed by atoms with E-state index in [1.807, 2.05) is 0 Å². The van der Waals surface area contributed by atoms with Crippen LogP contribution in [-0.2, 0) is 11.0 Å². The molecule has 27 heavy (non-hydrogen) atoms. The lowest BCUT2D eigenvalue weighted by atomic mass is 10.1. The normalized spacial score (nSPS) is 12.2. The molecule has 0 aliphatic heterocycles. The quantitative estimate of drug-likeness (QED) is 0.600. The van der Waals surface area contributed by atoms with Gasteiger partial charge < -0.3 is 14.8 Å². The van der Waals surface area contributed by atoms with E-state index in [4.69, 9.17) is 9.47 Å². The SMILES string of the molecule is COc1ccc([N+](=O)[O-])cc1O[C@H](C)C(=O)Nc1ccccc1C(F)(F)F. The standard InChI is InChI=1S/C17H15F3N2O5/c1-10(27-15-9-11(22(24)25)7-8-14(15)26-2)16(23)21-13-6-4-3-5-12(13)17(18,19)20/h3-10H,1-2H3,(H,21,23)/t10-/m1/s1. The first kappa shape index (κ1) is 20.0. The number of non-ortho nitro benzene ring substituents is 1. The molecule has 0 unspecified atom stereocenters. The Kier molecular flexibility index (Phi) is 5.88. The van der Waals surface area contributed by atoms with Gasteiger partial charge in [0.1, 0.15) is 0 Å². The number of rotatable bonds is 6. The first-order chi connectivity index (χ1) is 12.6. The van der Waals surface area contributed by atoms with Crippen molar-refractivity contribution in [2.45, 2.75) is 19.2 Å². The van der Waals surface area contributed by atoms with E-state index in [0.29, 0.717) is 0 Å². The molecule has 2 aromatic rings. The van der Waals surface area contributed by atoms with E-state index in [0.717, 1.165) is 18.2 Å². The highest BCUT2D eigenvalue weighted by atomic mass is 19.4. The van der Waals surface area contributed by atoms with Crippen LogP contribution in [0.15, 0.2) is 42.5 Å². The van der Waals surface area contributed by atoms with Crippen molar-refractivity contribution in [3.05, 3.63) is 58.1 Å². The molecule has 0 fully saturated rings. The lowest BCUT2D eigenvalue weighted by Crippen LogP contribution is -2.31. The Morgan fingerprint density at radius 1 is 1.19 bits per heavy atom. The summed E-state index contributed by atoms with van der Waals surface area (Å²) in [5, 5.41) is 13.0. The summed E-state index contributed by atoms with van der Waals surface area (Å²) in [6.07, 6.45) is -5.89. The summed E-state index contributed by atoms with van der Waals surface area (Å²) in [4.78, 5) is 22.4. The number of nitro benzene ring substituents is 1. The van der Waals surface area contributed by atoms with Gasteiger partial charge in [-0.1, -0.05) is 12.1 Å². The summed E-state index contributed by atoms with van der Waals surface area (Å²) in [5.41, 5.74) is -1.71. The van der Waals surface area contributed by atoms with E-state index in [1.165, 1.54) is 38.3 Å². The van der Waals surface area contributed by atoms with Crippen LogP contribution in [0.5, 0.6) is 11.5 Å². The average Bonchev–Trinajstić information content (AvgIpc) is 2.61. The molecule has 144 valence electrons. The predicted octanol–water partition coefficient (Wildman–Crippen LogP) is 4.03. The molecule has 7 nitrogen and oxygen atoms in total. The van der Waals surface area contributed by atoms with Gasteiger partial charge in [-0.05, 0) is 25.1 Å². The number of amides is 1. The number of halogens is 3. The highest BCUT2D eigenvalue weighted by Crippen LogP contribution is 2.35. The molecular weight excluding hydrogens is 369 g/mol. The fourth-order valence-corrected chi connectivity index (χ4v) is 2.19. The van der Waals surface area contributed by atoms with Crippen molar-refractivity contribution >= 4 is 17.3 Å². The summed E-state index contributed by atoms with van der Waals surface area (Å²) >= 11 is 0. The molecule has 2 rings (SSSR count). The summed E-state index contributed by atoms with van der Waals surface area (Å²) < 4.78 is 49.4. The number of alkyl halides is 3. The van der Waals surface area contributed by atoms with E-state index in [9.17, 15) is 28.1 Å². The van der Waals surface area contributed by atoms with Gasteiger partial charge in [0.2, 0.25) is 0 Å². The molecule has 0 aromatic heterocycles. The van der Waals surface area contributed by atoms with E-state index in [2.05, 4.69) is 5.32 Å². The van der Waals surface area contributed by atoms with Crippen molar-refractivity contribution in [3.8, 4) is 11.5 Å². The third kappa shape index (κ3) is 4.87. The number of benzene rings is 2. The summed E-state index contributed by atoms with van der Waals surface area (Å²) in [6.45, 7) is 1.30. The molecule has 0 aliphatic carbocycles. The van der Waals surface area contributed by atoms with Gasteiger partial charge in [-0.25, -0.2) is 0 Å². The molecule has 0 saturated carbocycles. The van der Waals surface area contributed by atoms with Crippen molar-refractivity contribution < 1.29 is 32.4 Å². The zero-order chi connectivity index (χ0) is 20.2. The fraction of sp³-hybridized carbons (Fsp3) is 0.235. The molecule has 1 amide bonds. The molecule has 0 saturated heterocycles. The number of nitrogens with zero attached hydrogens (tertiary/aromatic N) is 1. The molecule has 0 heterocycles. The van der Waals surface area contributed by atoms with Crippen LogP contribution in [0.2, 0.25) is 0 Å². The smallest absolute Gasteiger partial charge is 0.418 e. The van der Waals surface area contributed by atoms with Gasteiger partial charge in [0.05, 0.1) is 29.4 Å². The first-order valence-electron chi connectivity index (χ1n) is 7.59. The molecule has 0 bridgehead atoms. The van der Waals surface area contributed by atoms with E-state index >= 15 is 0 Å². The maximum absolute atomic E-state index is 13.0. The monoisotopic (exact) mass is 384 g/mol. The summed E-state index contributed by atoms with van der Waals surface area (Å²) in [6, 6.07) is 8.04. The van der Waals surface area contributed by atoms with Crippen LogP contribution in [0.1, 0.15) is 12.5 Å². The third-order valence-corrected chi connectivity index (χ3v) is 3.52. The van der Waals surface area contributed by atoms with Gasteiger partial charge in [-0.2, -0.15) is 13.2 Å². The maximum Gasteiger partial charge on any atom is 0.418 e. The number of methoxy groups -OCH3 is 1. The van der Waals surface area contributed by atoms with Crippen molar-refractivity contribution in [2.24, 2.45) is 0 Å². The largest absolute Gasteiger partial charge is 0.493 e. The van der Waals surface area contributed by atoms with Gasteiger partial charge in [-0.3, -0.25) is 14.9 Å². The Morgan fingerprint density at radius 3 is 2.44 bits per heavy atom. The third-order valence-electron chi connectivity index (χ3n) is 3.52.